The molecule has 43 heavy (non-hydrogen) atoms. The standard InChI is InChI=1S/C29H51Cl2N3O7P2/c1-5-38-42(36,39-6-2)28(43(37,40-7-3)41-8-4)17-14-24-10-9-11-27(24)33-29(35)26(32)22-23-12-15-25(16-13-23)34(20-18-30)21-19-31/h12-13,15-16,24,26-28H,5-11,14,17-22,32H2,1-4H3,(H,33,35)/t24?,26-,27?/m0/s1. The van der Waals surface area contributed by atoms with Crippen LogP contribution in [0.5, 0.6) is 0 Å². The summed E-state index contributed by atoms with van der Waals surface area (Å²) in [6.07, 6.45) is 3.80. The van der Waals surface area contributed by atoms with Crippen molar-refractivity contribution >= 4 is 50.0 Å². The average molecular weight is 687 g/mol. The van der Waals surface area contributed by atoms with Crippen molar-refractivity contribution in [3.8, 4) is 0 Å². The van der Waals surface area contributed by atoms with Crippen molar-refractivity contribution in [2.75, 3.05) is 56.2 Å². The average Bonchev–Trinajstić information content (AvgIpc) is 3.40. The third-order valence-electron chi connectivity index (χ3n) is 7.55. The van der Waals surface area contributed by atoms with E-state index in [2.05, 4.69) is 10.2 Å². The van der Waals surface area contributed by atoms with Crippen LogP contribution < -0.4 is 16.0 Å². The van der Waals surface area contributed by atoms with E-state index in [-0.39, 0.29) is 50.7 Å². The molecule has 0 saturated heterocycles. The van der Waals surface area contributed by atoms with Crippen molar-refractivity contribution in [2.45, 2.75) is 83.7 Å². The number of carbonyl (C=O) groups excluding carboxylic acids is 1. The molecule has 2 rings (SSSR count). The minimum atomic E-state index is -3.82. The van der Waals surface area contributed by atoms with Gasteiger partial charge >= 0.3 is 15.2 Å². The summed E-state index contributed by atoms with van der Waals surface area (Å²) in [4.78, 5) is 15.3. The molecular weight excluding hydrogens is 635 g/mol. The molecule has 248 valence electrons. The molecule has 1 aromatic carbocycles. The van der Waals surface area contributed by atoms with Gasteiger partial charge in [-0.05, 0) is 83.4 Å². The molecule has 0 spiro atoms. The molecule has 1 aliphatic rings. The highest BCUT2D eigenvalue weighted by atomic mass is 35.5. The van der Waals surface area contributed by atoms with E-state index < -0.39 is 26.6 Å². The Morgan fingerprint density at radius 3 is 1.91 bits per heavy atom. The van der Waals surface area contributed by atoms with Gasteiger partial charge in [0.25, 0.3) is 0 Å². The number of hydrogen-bond acceptors (Lipinski definition) is 9. The number of nitrogens with zero attached hydrogens (tertiary/aromatic N) is 1. The molecule has 1 fully saturated rings. The second-order valence-corrected chi connectivity index (χ2v) is 16.1. The van der Waals surface area contributed by atoms with Gasteiger partial charge in [-0.3, -0.25) is 13.9 Å². The second kappa shape index (κ2) is 19.8. The Kier molecular flexibility index (Phi) is 17.7. The van der Waals surface area contributed by atoms with E-state index in [0.29, 0.717) is 37.7 Å². The number of benzene rings is 1. The minimum Gasteiger partial charge on any atom is -0.369 e. The number of halogens is 2. The molecule has 0 heterocycles. The summed E-state index contributed by atoms with van der Waals surface area (Å²) in [5, 5.41) is 2.09. The molecule has 1 aliphatic carbocycles. The number of hydrogen-bond donors (Lipinski definition) is 2. The van der Waals surface area contributed by atoms with Gasteiger partial charge in [0, 0.05) is 36.6 Å². The highest BCUT2D eigenvalue weighted by molar-refractivity contribution is 7.72. The number of carbonyl (C=O) groups is 1. The summed E-state index contributed by atoms with van der Waals surface area (Å²) in [6.45, 7) is 8.79. The number of anilines is 1. The second-order valence-electron chi connectivity index (χ2n) is 10.5. The van der Waals surface area contributed by atoms with Crippen LogP contribution in [0.2, 0.25) is 0 Å². The number of amides is 1. The van der Waals surface area contributed by atoms with Crippen molar-refractivity contribution in [3.05, 3.63) is 29.8 Å². The molecule has 1 aromatic rings. The lowest BCUT2D eigenvalue weighted by Crippen LogP contribution is -2.47. The molecule has 14 heteroatoms. The van der Waals surface area contributed by atoms with E-state index >= 15 is 0 Å². The lowest BCUT2D eigenvalue weighted by molar-refractivity contribution is -0.123. The van der Waals surface area contributed by atoms with E-state index in [1.807, 2.05) is 24.3 Å². The van der Waals surface area contributed by atoms with Crippen LogP contribution >= 0.6 is 38.4 Å². The van der Waals surface area contributed by atoms with E-state index in [1.54, 1.807) is 27.7 Å². The van der Waals surface area contributed by atoms with Crippen molar-refractivity contribution in [2.24, 2.45) is 11.7 Å². The van der Waals surface area contributed by atoms with Crippen molar-refractivity contribution in [1.82, 2.24) is 5.32 Å². The first-order valence-electron chi connectivity index (χ1n) is 15.4. The third-order valence-corrected chi connectivity index (χ3v) is 14.0. The highest BCUT2D eigenvalue weighted by Crippen LogP contribution is 2.71. The maximum atomic E-state index is 13.9. The summed E-state index contributed by atoms with van der Waals surface area (Å²) < 4.78 is 50.2. The van der Waals surface area contributed by atoms with Gasteiger partial charge in [0.05, 0.1) is 32.5 Å². The van der Waals surface area contributed by atoms with Gasteiger partial charge in [0.15, 0.2) is 5.40 Å². The zero-order valence-electron chi connectivity index (χ0n) is 26.1. The number of nitrogens with one attached hydrogen (secondary N) is 1. The molecule has 10 nitrogen and oxygen atoms in total. The van der Waals surface area contributed by atoms with Gasteiger partial charge in [0.2, 0.25) is 5.91 Å². The minimum absolute atomic E-state index is 0.0844. The first-order chi connectivity index (χ1) is 20.6. The van der Waals surface area contributed by atoms with Gasteiger partial charge in [-0.25, -0.2) is 0 Å². The van der Waals surface area contributed by atoms with Gasteiger partial charge in [-0.2, -0.15) is 0 Å². The quantitative estimate of drug-likeness (QED) is 0.100. The Hall–Kier alpha value is -0.670. The zero-order chi connectivity index (χ0) is 31.9. The number of nitrogens with two attached hydrogens (primary N) is 1. The van der Waals surface area contributed by atoms with Crippen molar-refractivity contribution in [1.29, 1.82) is 0 Å². The van der Waals surface area contributed by atoms with Crippen LogP contribution in [0.4, 0.5) is 5.69 Å². The molecule has 1 saturated carbocycles. The van der Waals surface area contributed by atoms with E-state index in [9.17, 15) is 13.9 Å². The highest BCUT2D eigenvalue weighted by Gasteiger charge is 2.51. The number of rotatable bonds is 22. The molecule has 0 aliphatic heterocycles. The summed E-state index contributed by atoms with van der Waals surface area (Å²) in [6, 6.07) is 7.12. The molecule has 2 unspecified atom stereocenters. The van der Waals surface area contributed by atoms with Gasteiger partial charge in [-0.1, -0.05) is 18.6 Å². The fraction of sp³-hybridized carbons (Fsp3) is 0.759. The third kappa shape index (κ3) is 11.6. The Morgan fingerprint density at radius 1 is 0.930 bits per heavy atom. The smallest absolute Gasteiger partial charge is 0.345 e. The van der Waals surface area contributed by atoms with Crippen LogP contribution in [-0.4, -0.2) is 74.7 Å². The van der Waals surface area contributed by atoms with Crippen molar-refractivity contribution in [3.63, 3.8) is 0 Å². The van der Waals surface area contributed by atoms with Crippen LogP contribution in [0.3, 0.4) is 0 Å². The fourth-order valence-corrected chi connectivity index (χ4v) is 11.4. The molecule has 1 amide bonds. The molecule has 0 radical (unpaired) electrons. The summed E-state index contributed by atoms with van der Waals surface area (Å²) >= 11 is 11.9. The van der Waals surface area contributed by atoms with E-state index in [1.165, 1.54) is 0 Å². The maximum Gasteiger partial charge on any atom is 0.345 e. The van der Waals surface area contributed by atoms with E-state index in [4.69, 9.17) is 47.0 Å². The van der Waals surface area contributed by atoms with Crippen LogP contribution in [0.25, 0.3) is 0 Å². The lowest BCUT2D eigenvalue weighted by Gasteiger charge is -2.32. The predicted molar refractivity (Wildman–Crippen MR) is 176 cm³/mol. The lowest BCUT2D eigenvalue weighted by atomic mass is 9.97. The first kappa shape index (κ1) is 38.5. The monoisotopic (exact) mass is 685 g/mol. The van der Waals surface area contributed by atoms with Crippen LogP contribution in [-0.2, 0) is 38.4 Å². The van der Waals surface area contributed by atoms with Gasteiger partial charge in [-0.15, -0.1) is 23.2 Å². The summed E-state index contributed by atoms with van der Waals surface area (Å²) in [7, 11) is -7.65. The molecule has 3 atom stereocenters. The van der Waals surface area contributed by atoms with E-state index in [0.717, 1.165) is 30.5 Å². The Bertz CT molecular complexity index is 997. The molecule has 3 N–H and O–H groups in total. The van der Waals surface area contributed by atoms with Crippen LogP contribution in [0, 0.1) is 5.92 Å². The van der Waals surface area contributed by atoms with Crippen LogP contribution in [0.1, 0.15) is 65.4 Å². The maximum absolute atomic E-state index is 13.9. The van der Waals surface area contributed by atoms with Gasteiger partial charge in [0.1, 0.15) is 0 Å². The largest absolute Gasteiger partial charge is 0.369 e. The summed E-state index contributed by atoms with van der Waals surface area (Å²) in [5.41, 5.74) is 8.32. The fourth-order valence-electron chi connectivity index (χ4n) is 5.62. The Balaban J connectivity index is 2.09. The SMILES string of the molecule is CCOP(=O)(OCC)C(CCC1CCCC1NC(=O)[C@@H](N)Cc1ccc(N(CCCl)CCCl)cc1)P(=O)(OCC)OCC. The Labute approximate surface area is 268 Å². The molecular formula is C29H51Cl2N3O7P2. The normalized spacial score (nSPS) is 18.2. The zero-order valence-corrected chi connectivity index (χ0v) is 29.4. The summed E-state index contributed by atoms with van der Waals surface area (Å²) in [5.74, 6) is 0.875. The predicted octanol–water partition coefficient (Wildman–Crippen LogP) is 6.76. The first-order valence-corrected chi connectivity index (χ1v) is 19.7. The van der Waals surface area contributed by atoms with Gasteiger partial charge < -0.3 is 34.0 Å². The molecule has 0 aromatic heterocycles. The van der Waals surface area contributed by atoms with Crippen molar-refractivity contribution < 1.29 is 32.0 Å². The number of alkyl halides is 2. The van der Waals surface area contributed by atoms with Crippen LogP contribution in [0.15, 0.2) is 24.3 Å². The molecule has 0 bridgehead atoms. The Morgan fingerprint density at radius 2 is 1.44 bits per heavy atom. The topological polar surface area (TPSA) is 129 Å².